The molecular weight excluding hydrogens is 961 g/mol. The van der Waals surface area contributed by atoms with Crippen molar-refractivity contribution < 1.29 is 66.2 Å². The van der Waals surface area contributed by atoms with Crippen molar-refractivity contribution in [1.29, 1.82) is 0 Å². The minimum atomic E-state index is -5.86. The number of nitrogens with zero attached hydrogens (tertiary/aromatic N) is 3. The van der Waals surface area contributed by atoms with E-state index < -0.39 is 90.2 Å². The number of benzene rings is 3. The molecule has 8 rings (SSSR count). The molecule has 3 fully saturated rings. The summed E-state index contributed by atoms with van der Waals surface area (Å²) in [4.78, 5) is 130. The number of rotatable bonds is 15. The fourth-order valence-electron chi connectivity index (χ4n) is 9.39. The Morgan fingerprint density at radius 2 is 1.74 bits per heavy atom. The van der Waals surface area contributed by atoms with Crippen LogP contribution in [0.1, 0.15) is 92.8 Å². The van der Waals surface area contributed by atoms with Gasteiger partial charge >= 0.3 is 13.3 Å². The van der Waals surface area contributed by atoms with Gasteiger partial charge in [0.05, 0.1) is 22.2 Å². The molecule has 8 N–H and O–H groups in total. The van der Waals surface area contributed by atoms with Crippen LogP contribution in [0.2, 0.25) is 5.02 Å². The van der Waals surface area contributed by atoms with Crippen LogP contribution in [-0.2, 0) is 40.6 Å². The fourth-order valence-corrected chi connectivity index (χ4v) is 10.1. The van der Waals surface area contributed by atoms with Gasteiger partial charge in [0.2, 0.25) is 29.5 Å². The maximum Gasteiger partial charge on any atom is 0.399 e. The lowest BCUT2D eigenvalue weighted by Crippen LogP contribution is -2.60. The SMILES string of the molecule is CN1CC[C@H]2CC[C@@H](C(=O)N[C@@H](CCC(N)=O)COc3cccc(Cc4ccc5c(c4)C(=O)N(C4CCC(=O)NC4=O)C5=O)c3Cl)N2C(=O)[C@@H](NC(=O)c2cc3cc(C(F)(F)P(=O)(O)O)ccc3[nH]2)C1. The molecule has 4 aromatic rings. The zero-order chi connectivity index (χ0) is 50.4. The van der Waals surface area contributed by atoms with E-state index >= 15 is 0 Å². The summed E-state index contributed by atoms with van der Waals surface area (Å²) < 4.78 is 46.6. The summed E-state index contributed by atoms with van der Waals surface area (Å²) >= 11 is 6.86. The van der Waals surface area contributed by atoms with Crippen LogP contribution in [0.15, 0.2) is 60.7 Å². The van der Waals surface area contributed by atoms with Crippen LogP contribution < -0.4 is 26.4 Å². The van der Waals surface area contributed by atoms with E-state index in [0.29, 0.717) is 30.5 Å². The molecular formula is C46H48ClF2N8O12P. The number of fused-ring (bicyclic) bond motifs is 3. The van der Waals surface area contributed by atoms with E-state index in [0.717, 1.165) is 23.1 Å². The highest BCUT2D eigenvalue weighted by atomic mass is 35.5. The molecule has 0 radical (unpaired) electrons. The lowest BCUT2D eigenvalue weighted by atomic mass is 10.00. The van der Waals surface area contributed by atoms with E-state index in [9.17, 15) is 61.5 Å². The van der Waals surface area contributed by atoms with Crippen molar-refractivity contribution >= 4 is 77.4 Å². The van der Waals surface area contributed by atoms with Gasteiger partial charge in [-0.3, -0.25) is 53.1 Å². The number of ether oxygens (including phenoxy) is 1. The Hall–Kier alpha value is -6.58. The zero-order valence-electron chi connectivity index (χ0n) is 37.4. The van der Waals surface area contributed by atoms with Crippen molar-refractivity contribution in [3.63, 3.8) is 0 Å². The van der Waals surface area contributed by atoms with Crippen LogP contribution in [0.3, 0.4) is 0 Å². The number of aromatic amines is 1. The van der Waals surface area contributed by atoms with E-state index in [1.807, 2.05) is 4.90 Å². The maximum absolute atomic E-state index is 14.5. The molecule has 8 amide bonds. The third-order valence-corrected chi connectivity index (χ3v) is 14.5. The minimum absolute atomic E-state index is 0.0147. The average molecular weight is 1010 g/mol. The number of carbonyl (C=O) groups excluding carboxylic acids is 8. The van der Waals surface area contributed by atoms with E-state index in [1.54, 1.807) is 37.4 Å². The molecule has 4 aliphatic heterocycles. The highest BCUT2D eigenvalue weighted by molar-refractivity contribution is 7.52. The van der Waals surface area contributed by atoms with Gasteiger partial charge in [0.1, 0.15) is 36.2 Å². The van der Waals surface area contributed by atoms with Gasteiger partial charge in [0.25, 0.3) is 17.7 Å². The number of halogens is 3. The molecule has 3 aromatic carbocycles. The second-order valence-corrected chi connectivity index (χ2v) is 19.9. The number of nitrogens with one attached hydrogen (secondary N) is 4. The lowest BCUT2D eigenvalue weighted by Gasteiger charge is -2.38. The van der Waals surface area contributed by atoms with Gasteiger partial charge in [-0.15, -0.1) is 0 Å². The molecule has 1 unspecified atom stereocenters. The first-order valence-corrected chi connectivity index (χ1v) is 24.3. The Kier molecular flexibility index (Phi) is 14.0. The monoisotopic (exact) mass is 1010 g/mol. The molecule has 0 saturated carbocycles. The average Bonchev–Trinajstić information content (AvgIpc) is 4.00. The Labute approximate surface area is 402 Å². The second kappa shape index (κ2) is 19.7. The maximum atomic E-state index is 14.5. The van der Waals surface area contributed by atoms with Crippen LogP contribution in [0.25, 0.3) is 10.9 Å². The van der Waals surface area contributed by atoms with Gasteiger partial charge in [0, 0.05) is 41.9 Å². The van der Waals surface area contributed by atoms with Crippen LogP contribution in [0.5, 0.6) is 5.75 Å². The van der Waals surface area contributed by atoms with Crippen LogP contribution >= 0.6 is 19.2 Å². The van der Waals surface area contributed by atoms with Gasteiger partial charge in [-0.25, -0.2) is 0 Å². The summed E-state index contributed by atoms with van der Waals surface area (Å²) in [5.41, 5.74) is 1.59. The Morgan fingerprint density at radius 3 is 2.47 bits per heavy atom. The number of hydrogen-bond donors (Lipinski definition) is 7. The number of imide groups is 2. The van der Waals surface area contributed by atoms with Gasteiger partial charge in [-0.05, 0) is 99.6 Å². The summed E-state index contributed by atoms with van der Waals surface area (Å²) in [5, 5.41) is 8.07. The largest absolute Gasteiger partial charge is 0.490 e. The Balaban J connectivity index is 0.937. The fraction of sp³-hybridized carbons (Fsp3) is 0.391. The predicted octanol–water partition coefficient (Wildman–Crippen LogP) is 2.66. The molecule has 0 bridgehead atoms. The number of nitrogens with two attached hydrogens (primary N) is 1. The number of alkyl halides is 2. The number of H-pyrrole nitrogens is 1. The Morgan fingerprint density at radius 1 is 0.986 bits per heavy atom. The lowest BCUT2D eigenvalue weighted by molar-refractivity contribution is -0.143. The normalized spacial score (nSPS) is 21.5. The molecule has 20 nitrogen and oxygen atoms in total. The number of carbonyl (C=O) groups is 8. The second-order valence-electron chi connectivity index (χ2n) is 17.9. The molecule has 0 aliphatic carbocycles. The van der Waals surface area contributed by atoms with Crippen molar-refractivity contribution in [1.82, 2.24) is 35.6 Å². The third-order valence-electron chi connectivity index (χ3n) is 13.0. The first-order valence-electron chi connectivity index (χ1n) is 22.3. The molecule has 370 valence electrons. The van der Waals surface area contributed by atoms with Crippen molar-refractivity contribution in [2.24, 2.45) is 5.73 Å². The molecule has 5 atom stereocenters. The number of amides is 8. The van der Waals surface area contributed by atoms with Crippen molar-refractivity contribution in [2.75, 3.05) is 26.7 Å². The molecule has 0 spiro atoms. The summed E-state index contributed by atoms with van der Waals surface area (Å²) in [5.74, 6) is -4.75. The standard InChI is InChI=1S/C46H48ClF2N8O12P/c1-55-16-15-28-8-11-34(56(28)45(65)33(21-55)53-40(60)32-20-25-19-26(6-10-31(25)52-32)46(48,49)70(66,67)68)41(61)51-27(7-13-37(50)58)22-69-36-4-2-3-24(39(36)47)17-23-5-9-29-30(18-23)44(64)57(43(29)63)35-12-14-38(59)54-42(35)62/h2-6,9-10,18-20,27-28,33-35,52H,7-8,11-17,21-22H2,1H3,(H2,50,58)(H,51,61)(H,53,60)(H,54,59,62)(H2,66,67,68)/t27-,28+,33-,34-,35?/m0/s1. The van der Waals surface area contributed by atoms with Crippen LogP contribution in [0, 0.1) is 0 Å². The highest BCUT2D eigenvalue weighted by Crippen LogP contribution is 2.59. The predicted molar refractivity (Wildman–Crippen MR) is 244 cm³/mol. The zero-order valence-corrected chi connectivity index (χ0v) is 39.1. The highest BCUT2D eigenvalue weighted by Gasteiger charge is 2.51. The first kappa shape index (κ1) is 49.8. The van der Waals surface area contributed by atoms with Gasteiger partial charge in [-0.2, -0.15) is 8.78 Å². The van der Waals surface area contributed by atoms with E-state index in [2.05, 4.69) is 20.9 Å². The number of piperidine rings is 1. The van der Waals surface area contributed by atoms with Crippen molar-refractivity contribution in [3.8, 4) is 5.75 Å². The number of primary amides is 1. The third kappa shape index (κ3) is 10.0. The van der Waals surface area contributed by atoms with Crippen LogP contribution in [0.4, 0.5) is 8.78 Å². The molecule has 4 aliphatic rings. The minimum Gasteiger partial charge on any atom is -0.490 e. The van der Waals surface area contributed by atoms with Gasteiger partial charge in [0.15, 0.2) is 0 Å². The van der Waals surface area contributed by atoms with E-state index in [4.69, 9.17) is 22.1 Å². The molecule has 1 aromatic heterocycles. The quantitative estimate of drug-likeness (QED) is 0.0667. The molecule has 24 heteroatoms. The number of likely N-dealkylation sites (N-methyl/N-ethyl adjacent to an activating group) is 1. The summed E-state index contributed by atoms with van der Waals surface area (Å²) in [6, 6.07) is 9.36. The van der Waals surface area contributed by atoms with Gasteiger partial charge in [-0.1, -0.05) is 35.9 Å². The smallest absolute Gasteiger partial charge is 0.399 e. The number of hydrogen-bond acceptors (Lipinski definition) is 11. The summed E-state index contributed by atoms with van der Waals surface area (Å²) in [7, 11) is -4.08. The topological polar surface area (TPSA) is 291 Å². The van der Waals surface area contributed by atoms with E-state index in [1.165, 1.54) is 17.0 Å². The van der Waals surface area contributed by atoms with Crippen molar-refractivity contribution in [3.05, 3.63) is 99.2 Å². The summed E-state index contributed by atoms with van der Waals surface area (Å²) in [6.45, 7) is 0.397. The molecule has 5 heterocycles. The van der Waals surface area contributed by atoms with Crippen LogP contribution in [-0.4, -0.2) is 134 Å². The molecule has 3 saturated heterocycles. The van der Waals surface area contributed by atoms with Crippen molar-refractivity contribution in [2.45, 2.75) is 87.2 Å². The summed E-state index contributed by atoms with van der Waals surface area (Å²) in [6.07, 6.45) is 1.42. The molecule has 70 heavy (non-hydrogen) atoms. The van der Waals surface area contributed by atoms with Gasteiger partial charge < -0.3 is 45.7 Å². The van der Waals surface area contributed by atoms with E-state index in [-0.39, 0.29) is 96.2 Å². The number of aromatic nitrogens is 1. The Bertz CT molecular complexity index is 2890. The first-order chi connectivity index (χ1) is 33.1.